The molecule has 0 aliphatic rings. The number of hydrogen-bond acceptors (Lipinski definition) is 6. The highest BCUT2D eigenvalue weighted by atomic mass is 15.0. The van der Waals surface area contributed by atoms with Crippen LogP contribution in [0.4, 0.5) is 11.8 Å². The molecule has 0 amide bonds. The molecule has 0 radical (unpaired) electrons. The van der Waals surface area contributed by atoms with E-state index < -0.39 is 0 Å². The summed E-state index contributed by atoms with van der Waals surface area (Å²) in [5, 5.41) is 0.862. The van der Waals surface area contributed by atoms with E-state index >= 15 is 0 Å². The number of aromatic amines is 1. The third kappa shape index (κ3) is 2.45. The first-order valence-corrected chi connectivity index (χ1v) is 6.50. The van der Waals surface area contributed by atoms with Crippen molar-refractivity contribution in [2.45, 2.75) is 20.8 Å². The molecule has 0 aliphatic heterocycles. The van der Waals surface area contributed by atoms with Crippen molar-refractivity contribution >= 4 is 28.5 Å². The van der Waals surface area contributed by atoms with E-state index in [1.54, 1.807) is 12.4 Å². The number of anilines is 1. The Morgan fingerprint density at radius 3 is 2.71 bits per heavy atom. The monoisotopic (exact) mass is 281 g/mol. The van der Waals surface area contributed by atoms with Gasteiger partial charge in [0.25, 0.3) is 0 Å². The SMILES string of the molecule is CC(C)=Nc1ncc(-c2c[nH]c3nc(N)ncc23)nc1C. The lowest BCUT2D eigenvalue weighted by Crippen LogP contribution is -1.94. The van der Waals surface area contributed by atoms with Gasteiger partial charge in [0.1, 0.15) is 5.65 Å². The van der Waals surface area contributed by atoms with Crippen LogP contribution in [0.15, 0.2) is 23.6 Å². The molecule has 3 heterocycles. The summed E-state index contributed by atoms with van der Waals surface area (Å²) >= 11 is 0. The normalized spacial score (nSPS) is 10.8. The predicted octanol–water partition coefficient (Wildman–Crippen LogP) is 2.42. The Bertz CT molecular complexity index is 844. The van der Waals surface area contributed by atoms with E-state index in [0.717, 1.165) is 28.0 Å². The molecular formula is C14H15N7. The first-order chi connectivity index (χ1) is 10.0. The molecule has 21 heavy (non-hydrogen) atoms. The predicted molar refractivity (Wildman–Crippen MR) is 82.5 cm³/mol. The molecule has 0 fully saturated rings. The van der Waals surface area contributed by atoms with E-state index in [1.807, 2.05) is 27.0 Å². The Morgan fingerprint density at radius 2 is 2.00 bits per heavy atom. The fraction of sp³-hybridized carbons (Fsp3) is 0.214. The molecule has 0 saturated carbocycles. The average molecular weight is 281 g/mol. The zero-order valence-electron chi connectivity index (χ0n) is 12.0. The Balaban J connectivity index is 2.11. The Morgan fingerprint density at radius 1 is 1.19 bits per heavy atom. The number of nitrogen functional groups attached to an aromatic ring is 1. The lowest BCUT2D eigenvalue weighted by molar-refractivity contribution is 1.11. The zero-order valence-corrected chi connectivity index (χ0v) is 12.0. The third-order valence-corrected chi connectivity index (χ3v) is 2.98. The van der Waals surface area contributed by atoms with Gasteiger partial charge in [-0.1, -0.05) is 0 Å². The van der Waals surface area contributed by atoms with E-state index in [1.165, 1.54) is 0 Å². The summed E-state index contributed by atoms with van der Waals surface area (Å²) < 4.78 is 0. The van der Waals surface area contributed by atoms with E-state index in [-0.39, 0.29) is 5.95 Å². The topological polar surface area (TPSA) is 106 Å². The highest BCUT2D eigenvalue weighted by molar-refractivity contribution is 5.92. The molecule has 3 rings (SSSR count). The average Bonchev–Trinajstić information content (AvgIpc) is 2.83. The fourth-order valence-electron chi connectivity index (χ4n) is 2.06. The summed E-state index contributed by atoms with van der Waals surface area (Å²) in [4.78, 5) is 24.5. The summed E-state index contributed by atoms with van der Waals surface area (Å²) in [5.74, 6) is 0.875. The van der Waals surface area contributed by atoms with Crippen molar-refractivity contribution < 1.29 is 0 Å². The van der Waals surface area contributed by atoms with Crippen LogP contribution in [0.3, 0.4) is 0 Å². The smallest absolute Gasteiger partial charge is 0.221 e. The molecule has 0 aliphatic carbocycles. The number of aliphatic imine (C=N–C) groups is 1. The van der Waals surface area contributed by atoms with Crippen LogP contribution in [-0.2, 0) is 0 Å². The number of nitrogens with two attached hydrogens (primary N) is 1. The molecule has 0 aromatic carbocycles. The number of H-pyrrole nitrogens is 1. The maximum atomic E-state index is 5.58. The van der Waals surface area contributed by atoms with Crippen LogP contribution < -0.4 is 5.73 Å². The van der Waals surface area contributed by atoms with Crippen molar-refractivity contribution in [2.24, 2.45) is 4.99 Å². The van der Waals surface area contributed by atoms with Gasteiger partial charge in [0.05, 0.1) is 17.6 Å². The fourth-order valence-corrected chi connectivity index (χ4v) is 2.06. The van der Waals surface area contributed by atoms with E-state index in [4.69, 9.17) is 5.73 Å². The van der Waals surface area contributed by atoms with E-state index in [2.05, 4.69) is 29.9 Å². The Kier molecular flexibility index (Phi) is 3.09. The Hall–Kier alpha value is -2.83. The van der Waals surface area contributed by atoms with E-state index in [0.29, 0.717) is 11.5 Å². The second-order valence-electron chi connectivity index (χ2n) is 4.92. The van der Waals surface area contributed by atoms with Gasteiger partial charge >= 0.3 is 0 Å². The lowest BCUT2D eigenvalue weighted by atomic mass is 10.2. The number of nitrogens with zero attached hydrogens (tertiary/aromatic N) is 5. The van der Waals surface area contributed by atoms with Crippen molar-refractivity contribution in [1.29, 1.82) is 0 Å². The molecule has 0 unspecified atom stereocenters. The van der Waals surface area contributed by atoms with Gasteiger partial charge in [-0.2, -0.15) is 4.98 Å². The van der Waals surface area contributed by atoms with Crippen LogP contribution in [0, 0.1) is 6.92 Å². The largest absolute Gasteiger partial charge is 0.368 e. The molecule has 3 aromatic rings. The summed E-state index contributed by atoms with van der Waals surface area (Å²) in [6.45, 7) is 5.74. The Labute approximate surface area is 121 Å². The molecule has 7 nitrogen and oxygen atoms in total. The van der Waals surface area contributed by atoms with Crippen molar-refractivity contribution in [3.63, 3.8) is 0 Å². The molecular weight excluding hydrogens is 266 g/mol. The first kappa shape index (κ1) is 13.2. The minimum atomic E-state index is 0.237. The van der Waals surface area contributed by atoms with Crippen LogP contribution in [0.2, 0.25) is 0 Å². The third-order valence-electron chi connectivity index (χ3n) is 2.98. The van der Waals surface area contributed by atoms with Gasteiger partial charge in [-0.05, 0) is 20.8 Å². The molecule has 0 saturated heterocycles. The highest BCUT2D eigenvalue weighted by Gasteiger charge is 2.11. The van der Waals surface area contributed by atoms with Gasteiger partial charge < -0.3 is 10.7 Å². The van der Waals surface area contributed by atoms with Crippen molar-refractivity contribution in [1.82, 2.24) is 24.9 Å². The second-order valence-corrected chi connectivity index (χ2v) is 4.92. The molecule has 3 N–H and O–H groups in total. The van der Waals surface area contributed by atoms with Gasteiger partial charge in [-0.3, -0.25) is 0 Å². The van der Waals surface area contributed by atoms with Gasteiger partial charge in [0, 0.05) is 29.1 Å². The van der Waals surface area contributed by atoms with Crippen LogP contribution in [0.5, 0.6) is 0 Å². The van der Waals surface area contributed by atoms with Crippen LogP contribution in [0.25, 0.3) is 22.3 Å². The van der Waals surface area contributed by atoms with Crippen LogP contribution in [0.1, 0.15) is 19.5 Å². The molecule has 3 aromatic heterocycles. The van der Waals surface area contributed by atoms with Crippen molar-refractivity contribution in [3.05, 3.63) is 24.3 Å². The van der Waals surface area contributed by atoms with Gasteiger partial charge in [-0.15, -0.1) is 0 Å². The maximum absolute atomic E-state index is 5.58. The quantitative estimate of drug-likeness (QED) is 0.702. The number of nitrogens with one attached hydrogen (secondary N) is 1. The van der Waals surface area contributed by atoms with Gasteiger partial charge in [0.15, 0.2) is 5.82 Å². The molecule has 7 heteroatoms. The van der Waals surface area contributed by atoms with Crippen molar-refractivity contribution in [3.8, 4) is 11.3 Å². The number of hydrogen-bond donors (Lipinski definition) is 2. The highest BCUT2D eigenvalue weighted by Crippen LogP contribution is 2.27. The first-order valence-electron chi connectivity index (χ1n) is 6.50. The molecule has 0 bridgehead atoms. The number of rotatable bonds is 2. The maximum Gasteiger partial charge on any atom is 0.221 e. The molecule has 106 valence electrons. The summed E-state index contributed by atoms with van der Waals surface area (Å²) in [6, 6.07) is 0. The zero-order chi connectivity index (χ0) is 15.0. The van der Waals surface area contributed by atoms with Gasteiger partial charge in [-0.25, -0.2) is 19.9 Å². The summed E-state index contributed by atoms with van der Waals surface area (Å²) in [6.07, 6.45) is 5.22. The minimum absolute atomic E-state index is 0.237. The number of fused-ring (bicyclic) bond motifs is 1. The van der Waals surface area contributed by atoms with Crippen LogP contribution in [-0.4, -0.2) is 30.6 Å². The molecule has 0 spiro atoms. The molecule has 0 atom stereocenters. The minimum Gasteiger partial charge on any atom is -0.368 e. The number of aryl methyl sites for hydroxylation is 1. The van der Waals surface area contributed by atoms with Gasteiger partial charge in [0.2, 0.25) is 5.95 Å². The van der Waals surface area contributed by atoms with E-state index in [9.17, 15) is 0 Å². The summed E-state index contributed by atoms with van der Waals surface area (Å²) in [5.41, 5.74) is 9.62. The standard InChI is InChI=1S/C14H15N7/c1-7(2)19-12-8(3)20-11(6-17-12)9-4-16-13-10(9)5-18-14(15)21-13/h4-6H,1-3H3,(H3,15,16,18,21). The lowest BCUT2D eigenvalue weighted by Gasteiger charge is -2.03. The summed E-state index contributed by atoms with van der Waals surface area (Å²) in [7, 11) is 0. The second kappa shape index (κ2) is 4.93. The van der Waals surface area contributed by atoms with Crippen LogP contribution >= 0.6 is 0 Å². The van der Waals surface area contributed by atoms with Crippen molar-refractivity contribution in [2.75, 3.05) is 5.73 Å². The number of aromatic nitrogens is 5.